The predicted molar refractivity (Wildman–Crippen MR) is 37.9 cm³/mol. The van der Waals surface area contributed by atoms with Gasteiger partial charge in [0.15, 0.2) is 0 Å². The van der Waals surface area contributed by atoms with Gasteiger partial charge >= 0.3 is 0 Å². The van der Waals surface area contributed by atoms with E-state index in [2.05, 4.69) is 4.74 Å². The lowest BCUT2D eigenvalue weighted by Gasteiger charge is -1.96. The molecule has 0 aliphatic carbocycles. The first kappa shape index (κ1) is 13.0. The predicted octanol–water partition coefficient (Wildman–Crippen LogP) is -1.49. The Hall–Kier alpha value is -0.650. The second kappa shape index (κ2) is 12.1. The Balaban J connectivity index is 0. The summed E-state index contributed by atoms with van der Waals surface area (Å²) < 4.78 is 4.15. The maximum absolute atomic E-state index is 9.18. The normalized spacial score (nSPS) is 8.45. The highest BCUT2D eigenvalue weighted by atomic mass is 16.5. The highest BCUT2D eigenvalue weighted by Gasteiger charge is 1.93. The van der Waals surface area contributed by atoms with Crippen molar-refractivity contribution in [2.45, 2.75) is 13.0 Å². The van der Waals surface area contributed by atoms with Crippen LogP contribution >= 0.6 is 0 Å². The molecule has 0 rings (SSSR count). The number of hydrogen-bond acceptors (Lipinski definition) is 5. The van der Waals surface area contributed by atoms with E-state index >= 15 is 0 Å². The Morgan fingerprint density at radius 3 is 1.91 bits per heavy atom. The highest BCUT2D eigenvalue weighted by Crippen LogP contribution is 1.71. The number of rotatable bonds is 4. The van der Waals surface area contributed by atoms with Crippen molar-refractivity contribution < 1.29 is 24.9 Å². The van der Waals surface area contributed by atoms with E-state index in [0.717, 1.165) is 0 Å². The van der Waals surface area contributed by atoms with Gasteiger partial charge in [-0.3, -0.25) is 4.79 Å². The fraction of sp³-hybridized carbons (Fsp3) is 0.833. The molecule has 5 heteroatoms. The zero-order chi connectivity index (χ0) is 9.11. The number of carbonyl (C=O) groups is 1. The van der Waals surface area contributed by atoms with Gasteiger partial charge < -0.3 is 20.1 Å². The molecule has 3 N–H and O–H groups in total. The SMILES string of the molecule is CCOC=O.OCC(O)CO. The quantitative estimate of drug-likeness (QED) is 0.443. The van der Waals surface area contributed by atoms with Gasteiger partial charge in [-0.1, -0.05) is 0 Å². The van der Waals surface area contributed by atoms with Crippen molar-refractivity contribution in [3.8, 4) is 0 Å². The molecule has 0 aliphatic rings. The van der Waals surface area contributed by atoms with Gasteiger partial charge in [-0.25, -0.2) is 0 Å². The molecule has 0 aromatic rings. The number of ether oxygens (including phenoxy) is 1. The minimum Gasteiger partial charge on any atom is -0.468 e. The molecule has 0 atom stereocenters. The van der Waals surface area contributed by atoms with E-state index in [1.54, 1.807) is 6.92 Å². The second-order valence-corrected chi connectivity index (χ2v) is 1.57. The molecule has 5 nitrogen and oxygen atoms in total. The molecule has 0 spiro atoms. The third-order valence-corrected chi connectivity index (χ3v) is 0.656. The number of carbonyl (C=O) groups excluding carboxylic acids is 1. The van der Waals surface area contributed by atoms with Gasteiger partial charge in [0.2, 0.25) is 0 Å². The summed E-state index contributed by atoms with van der Waals surface area (Å²) in [6.07, 6.45) is -0.954. The maximum atomic E-state index is 9.18. The fourth-order valence-electron chi connectivity index (χ4n) is 0.126. The average molecular weight is 166 g/mol. The molecule has 0 saturated heterocycles. The molecule has 0 aromatic heterocycles. The largest absolute Gasteiger partial charge is 0.468 e. The zero-order valence-electron chi connectivity index (χ0n) is 6.43. The van der Waals surface area contributed by atoms with Crippen molar-refractivity contribution >= 4 is 6.47 Å². The first-order valence-electron chi connectivity index (χ1n) is 3.17. The summed E-state index contributed by atoms with van der Waals surface area (Å²) in [7, 11) is 0. The third kappa shape index (κ3) is 17.6. The molecule has 0 aromatic carbocycles. The zero-order valence-corrected chi connectivity index (χ0v) is 6.43. The highest BCUT2D eigenvalue weighted by molar-refractivity contribution is 5.36. The van der Waals surface area contributed by atoms with Crippen LogP contribution in [0.25, 0.3) is 0 Å². The van der Waals surface area contributed by atoms with E-state index in [0.29, 0.717) is 13.1 Å². The van der Waals surface area contributed by atoms with Gasteiger partial charge in [0, 0.05) is 0 Å². The van der Waals surface area contributed by atoms with Crippen molar-refractivity contribution in [3.05, 3.63) is 0 Å². The smallest absolute Gasteiger partial charge is 0.293 e. The van der Waals surface area contributed by atoms with E-state index in [-0.39, 0.29) is 13.2 Å². The van der Waals surface area contributed by atoms with Crippen LogP contribution in [-0.4, -0.2) is 47.7 Å². The van der Waals surface area contributed by atoms with Crippen molar-refractivity contribution in [2.75, 3.05) is 19.8 Å². The first-order chi connectivity index (χ1) is 5.22. The molecule has 0 fully saturated rings. The van der Waals surface area contributed by atoms with E-state index in [4.69, 9.17) is 15.3 Å². The van der Waals surface area contributed by atoms with E-state index < -0.39 is 6.10 Å². The van der Waals surface area contributed by atoms with Gasteiger partial charge in [0.1, 0.15) is 6.10 Å². The topological polar surface area (TPSA) is 87.0 Å². The summed E-state index contributed by atoms with van der Waals surface area (Å²) in [4.78, 5) is 9.18. The van der Waals surface area contributed by atoms with Crippen LogP contribution < -0.4 is 0 Å². The van der Waals surface area contributed by atoms with E-state index in [1.807, 2.05) is 0 Å². The van der Waals surface area contributed by atoms with Crippen LogP contribution in [0.4, 0.5) is 0 Å². The first-order valence-corrected chi connectivity index (χ1v) is 3.17. The Morgan fingerprint density at radius 1 is 1.45 bits per heavy atom. The summed E-state index contributed by atoms with van der Waals surface area (Å²) in [6, 6.07) is 0. The number of aliphatic hydroxyl groups excluding tert-OH is 3. The molecular formula is C6H14O5. The molecule has 0 amide bonds. The van der Waals surface area contributed by atoms with Crippen LogP contribution in [0.5, 0.6) is 0 Å². The van der Waals surface area contributed by atoms with Crippen LogP contribution in [-0.2, 0) is 9.53 Å². The lowest BCUT2D eigenvalue weighted by Crippen LogP contribution is -2.15. The van der Waals surface area contributed by atoms with Gasteiger partial charge in [-0.15, -0.1) is 0 Å². The van der Waals surface area contributed by atoms with Crippen molar-refractivity contribution in [3.63, 3.8) is 0 Å². The Kier molecular flexibility index (Phi) is 14.2. The standard InChI is InChI=1S/C3H8O3.C3H6O2/c4-1-3(6)2-5;1-2-5-3-4/h3-6H,1-2H2;3H,2H2,1H3. The van der Waals surface area contributed by atoms with Crippen molar-refractivity contribution in [1.29, 1.82) is 0 Å². The Bertz CT molecular complexity index is 71.4. The van der Waals surface area contributed by atoms with Crippen molar-refractivity contribution in [2.24, 2.45) is 0 Å². The molecule has 0 radical (unpaired) electrons. The second-order valence-electron chi connectivity index (χ2n) is 1.57. The lowest BCUT2D eigenvalue weighted by atomic mass is 10.4. The molecule has 68 valence electrons. The minimum atomic E-state index is -0.954. The van der Waals surface area contributed by atoms with E-state index in [9.17, 15) is 4.79 Å². The average Bonchev–Trinajstić information content (AvgIpc) is 2.06. The Morgan fingerprint density at radius 2 is 1.91 bits per heavy atom. The van der Waals surface area contributed by atoms with Gasteiger partial charge in [-0.2, -0.15) is 0 Å². The molecule has 0 heterocycles. The number of hydrogen-bond donors (Lipinski definition) is 3. The van der Waals surface area contributed by atoms with Crippen LogP contribution in [0.1, 0.15) is 6.92 Å². The van der Waals surface area contributed by atoms with Crippen LogP contribution in [0.15, 0.2) is 0 Å². The summed E-state index contributed by atoms with van der Waals surface area (Å²) in [5, 5.41) is 24.0. The minimum absolute atomic E-state index is 0.365. The fourth-order valence-corrected chi connectivity index (χ4v) is 0.126. The summed E-state index contributed by atoms with van der Waals surface area (Å²) in [6.45, 7) is 1.94. The molecule has 0 unspecified atom stereocenters. The summed E-state index contributed by atoms with van der Waals surface area (Å²) in [5.41, 5.74) is 0. The monoisotopic (exact) mass is 166 g/mol. The Labute approximate surface area is 65.2 Å². The van der Waals surface area contributed by atoms with Gasteiger partial charge in [0.25, 0.3) is 6.47 Å². The maximum Gasteiger partial charge on any atom is 0.293 e. The van der Waals surface area contributed by atoms with E-state index in [1.165, 1.54) is 0 Å². The summed E-state index contributed by atoms with van der Waals surface area (Å²) in [5.74, 6) is 0. The molecular weight excluding hydrogens is 152 g/mol. The van der Waals surface area contributed by atoms with Gasteiger partial charge in [-0.05, 0) is 6.92 Å². The van der Waals surface area contributed by atoms with Crippen LogP contribution in [0.2, 0.25) is 0 Å². The van der Waals surface area contributed by atoms with Crippen molar-refractivity contribution in [1.82, 2.24) is 0 Å². The molecule has 0 aliphatic heterocycles. The molecule has 0 bridgehead atoms. The van der Waals surface area contributed by atoms with Gasteiger partial charge in [0.05, 0.1) is 19.8 Å². The number of aliphatic hydroxyl groups is 3. The summed E-state index contributed by atoms with van der Waals surface area (Å²) >= 11 is 0. The molecule has 0 saturated carbocycles. The molecule has 11 heavy (non-hydrogen) atoms. The lowest BCUT2D eigenvalue weighted by molar-refractivity contribution is -0.128. The van der Waals surface area contributed by atoms with Crippen LogP contribution in [0, 0.1) is 0 Å². The third-order valence-electron chi connectivity index (χ3n) is 0.656. The van der Waals surface area contributed by atoms with Crippen LogP contribution in [0.3, 0.4) is 0 Å².